The van der Waals surface area contributed by atoms with E-state index < -0.39 is 11.2 Å². The van der Waals surface area contributed by atoms with E-state index in [1.54, 1.807) is 4.90 Å². The average molecular weight is 356 g/mol. The number of benzene rings is 1. The van der Waals surface area contributed by atoms with Crippen molar-refractivity contribution in [2.45, 2.75) is 31.8 Å². The highest BCUT2D eigenvalue weighted by Gasteiger charge is 2.29. The van der Waals surface area contributed by atoms with Gasteiger partial charge in [0.25, 0.3) is 11.5 Å². The quantitative estimate of drug-likeness (QED) is 0.869. The highest BCUT2D eigenvalue weighted by atomic mass is 16.2. The predicted octanol–water partition coefficient (Wildman–Crippen LogP) is 1.49. The summed E-state index contributed by atoms with van der Waals surface area (Å²) >= 11 is 0. The zero-order chi connectivity index (χ0) is 18.7. The van der Waals surface area contributed by atoms with Crippen molar-refractivity contribution in [1.82, 2.24) is 19.8 Å². The number of carbonyl (C=O) groups excluding carboxylic acids is 1. The van der Waals surface area contributed by atoms with Gasteiger partial charge in [0.05, 0.1) is 6.04 Å². The molecule has 138 valence electrons. The Morgan fingerprint density at radius 2 is 1.88 bits per heavy atom. The first-order valence-electron chi connectivity index (χ1n) is 8.82. The van der Waals surface area contributed by atoms with Gasteiger partial charge in [0.15, 0.2) is 0 Å². The number of piperidine rings is 1. The molecule has 1 fully saturated rings. The van der Waals surface area contributed by atoms with Gasteiger partial charge in [0.1, 0.15) is 5.69 Å². The molecule has 0 radical (unpaired) electrons. The standard InChI is InChI=1S/C19H24N4O3/c1-22(2)12-13-6-8-14(9-7-13)16-5-3-4-10-23(16)18(25)15-11-17(24)21-19(26)20-15/h6-9,11,16H,3-5,10,12H2,1-2H3,(H2,20,21,24,26). The molecule has 1 aliphatic heterocycles. The summed E-state index contributed by atoms with van der Waals surface area (Å²) in [6, 6.07) is 9.40. The second-order valence-corrected chi connectivity index (χ2v) is 6.99. The lowest BCUT2D eigenvalue weighted by Crippen LogP contribution is -2.40. The van der Waals surface area contributed by atoms with E-state index in [1.807, 2.05) is 14.1 Å². The number of aromatic amines is 2. The van der Waals surface area contributed by atoms with E-state index in [-0.39, 0.29) is 17.6 Å². The SMILES string of the molecule is CN(C)Cc1ccc(C2CCCCN2C(=O)c2cc(=O)[nH]c(=O)[nH]2)cc1. The number of nitrogens with zero attached hydrogens (tertiary/aromatic N) is 2. The van der Waals surface area contributed by atoms with Crippen molar-refractivity contribution in [2.75, 3.05) is 20.6 Å². The number of nitrogens with one attached hydrogen (secondary N) is 2. The van der Waals surface area contributed by atoms with Crippen molar-refractivity contribution in [3.8, 4) is 0 Å². The average Bonchev–Trinajstić information content (AvgIpc) is 2.60. The topological polar surface area (TPSA) is 89.3 Å². The second kappa shape index (κ2) is 7.70. The van der Waals surface area contributed by atoms with Crippen molar-refractivity contribution in [1.29, 1.82) is 0 Å². The molecule has 26 heavy (non-hydrogen) atoms. The third-order valence-electron chi connectivity index (χ3n) is 4.62. The molecule has 2 aromatic rings. The normalized spacial score (nSPS) is 17.5. The number of rotatable bonds is 4. The van der Waals surface area contributed by atoms with Crippen LogP contribution < -0.4 is 11.2 Å². The molecule has 1 saturated heterocycles. The first-order valence-corrected chi connectivity index (χ1v) is 8.82. The highest BCUT2D eigenvalue weighted by Crippen LogP contribution is 2.32. The molecule has 3 rings (SSSR count). The largest absolute Gasteiger partial charge is 0.330 e. The lowest BCUT2D eigenvalue weighted by atomic mass is 9.94. The number of aromatic nitrogens is 2. The fourth-order valence-corrected chi connectivity index (χ4v) is 3.47. The van der Waals surface area contributed by atoms with Gasteiger partial charge in [0.2, 0.25) is 0 Å². The van der Waals surface area contributed by atoms with Crippen LogP contribution in [0.25, 0.3) is 0 Å². The van der Waals surface area contributed by atoms with Crippen LogP contribution in [0, 0.1) is 0 Å². The molecular formula is C19H24N4O3. The monoisotopic (exact) mass is 356 g/mol. The van der Waals surface area contributed by atoms with E-state index in [0.717, 1.165) is 37.4 Å². The van der Waals surface area contributed by atoms with Gasteiger partial charge in [-0.1, -0.05) is 24.3 Å². The van der Waals surface area contributed by atoms with E-state index in [1.165, 1.54) is 5.56 Å². The van der Waals surface area contributed by atoms with Gasteiger partial charge >= 0.3 is 5.69 Å². The van der Waals surface area contributed by atoms with Gasteiger partial charge < -0.3 is 14.8 Å². The first kappa shape index (κ1) is 18.1. The number of hydrogen-bond donors (Lipinski definition) is 2. The number of H-pyrrole nitrogens is 2. The Bertz CT molecular complexity index is 854. The number of hydrogen-bond acceptors (Lipinski definition) is 4. The Kier molecular flexibility index (Phi) is 5.37. The summed E-state index contributed by atoms with van der Waals surface area (Å²) in [6.45, 7) is 1.47. The van der Waals surface area contributed by atoms with Crippen LogP contribution >= 0.6 is 0 Å². The Labute approximate surface area is 151 Å². The number of carbonyl (C=O) groups is 1. The smallest absolute Gasteiger partial charge is 0.326 e. The molecular weight excluding hydrogens is 332 g/mol. The Hall–Kier alpha value is -2.67. The maximum atomic E-state index is 12.9. The van der Waals surface area contributed by atoms with Crippen LogP contribution in [-0.2, 0) is 6.54 Å². The summed E-state index contributed by atoms with van der Waals surface area (Å²) in [5, 5.41) is 0. The summed E-state index contributed by atoms with van der Waals surface area (Å²) in [6.07, 6.45) is 2.82. The molecule has 1 atom stereocenters. The minimum absolute atomic E-state index is 0.0369. The van der Waals surface area contributed by atoms with Gasteiger partial charge in [-0.15, -0.1) is 0 Å². The zero-order valence-corrected chi connectivity index (χ0v) is 15.1. The van der Waals surface area contributed by atoms with E-state index in [0.29, 0.717) is 6.54 Å². The first-order chi connectivity index (χ1) is 12.4. The van der Waals surface area contributed by atoms with Crippen molar-refractivity contribution in [3.05, 3.63) is 68.0 Å². The van der Waals surface area contributed by atoms with Gasteiger partial charge in [-0.25, -0.2) is 4.79 Å². The number of likely N-dealkylation sites (tertiary alicyclic amines) is 1. The highest BCUT2D eigenvalue weighted by molar-refractivity contribution is 5.92. The van der Waals surface area contributed by atoms with Crippen LogP contribution in [0.4, 0.5) is 0 Å². The van der Waals surface area contributed by atoms with Crippen molar-refractivity contribution < 1.29 is 4.79 Å². The molecule has 2 N–H and O–H groups in total. The molecule has 1 aromatic carbocycles. The molecule has 1 amide bonds. The van der Waals surface area contributed by atoms with Crippen LogP contribution in [0.1, 0.15) is 46.9 Å². The minimum atomic E-state index is -0.664. The van der Waals surface area contributed by atoms with Crippen molar-refractivity contribution in [3.63, 3.8) is 0 Å². The maximum absolute atomic E-state index is 12.9. The number of amides is 1. The molecule has 1 aromatic heterocycles. The van der Waals surface area contributed by atoms with Crippen LogP contribution in [-0.4, -0.2) is 46.3 Å². The van der Waals surface area contributed by atoms with Gasteiger partial charge in [-0.3, -0.25) is 14.6 Å². The lowest BCUT2D eigenvalue weighted by Gasteiger charge is -2.36. The maximum Gasteiger partial charge on any atom is 0.326 e. The fraction of sp³-hybridized carbons (Fsp3) is 0.421. The van der Waals surface area contributed by atoms with Crippen molar-refractivity contribution in [2.24, 2.45) is 0 Å². The van der Waals surface area contributed by atoms with Gasteiger partial charge in [-0.2, -0.15) is 0 Å². The summed E-state index contributed by atoms with van der Waals surface area (Å²) in [5.74, 6) is -0.310. The van der Waals surface area contributed by atoms with Gasteiger partial charge in [-0.05, 0) is 44.5 Å². The van der Waals surface area contributed by atoms with Gasteiger partial charge in [0, 0.05) is 19.2 Å². The third kappa shape index (κ3) is 4.11. The van der Waals surface area contributed by atoms with E-state index in [9.17, 15) is 14.4 Å². The van der Waals surface area contributed by atoms with Crippen molar-refractivity contribution >= 4 is 5.91 Å². The summed E-state index contributed by atoms with van der Waals surface area (Å²) in [7, 11) is 4.05. The van der Waals surface area contributed by atoms with E-state index in [2.05, 4.69) is 39.1 Å². The lowest BCUT2D eigenvalue weighted by molar-refractivity contribution is 0.0604. The summed E-state index contributed by atoms with van der Waals surface area (Å²) < 4.78 is 0. The van der Waals surface area contributed by atoms with Crippen LogP contribution in [0.3, 0.4) is 0 Å². The Balaban J connectivity index is 1.86. The zero-order valence-electron chi connectivity index (χ0n) is 15.1. The van der Waals surface area contributed by atoms with Crippen LogP contribution in [0.15, 0.2) is 39.9 Å². The predicted molar refractivity (Wildman–Crippen MR) is 99.1 cm³/mol. The summed E-state index contributed by atoms with van der Waals surface area (Å²) in [5.41, 5.74) is 1.09. The molecule has 2 heterocycles. The molecule has 1 unspecified atom stereocenters. The molecule has 0 saturated carbocycles. The van der Waals surface area contributed by atoms with Crippen LogP contribution in [0.2, 0.25) is 0 Å². The minimum Gasteiger partial charge on any atom is -0.330 e. The Morgan fingerprint density at radius 3 is 2.54 bits per heavy atom. The second-order valence-electron chi connectivity index (χ2n) is 6.99. The summed E-state index contributed by atoms with van der Waals surface area (Å²) in [4.78, 5) is 44.3. The van der Waals surface area contributed by atoms with E-state index in [4.69, 9.17) is 0 Å². The molecule has 7 nitrogen and oxygen atoms in total. The Morgan fingerprint density at radius 1 is 1.15 bits per heavy atom. The molecule has 0 aliphatic carbocycles. The van der Waals surface area contributed by atoms with Crippen LogP contribution in [0.5, 0.6) is 0 Å². The van der Waals surface area contributed by atoms with E-state index >= 15 is 0 Å². The third-order valence-corrected chi connectivity index (χ3v) is 4.62. The molecule has 0 spiro atoms. The molecule has 0 bridgehead atoms. The molecule has 7 heteroatoms. The fourth-order valence-electron chi connectivity index (χ4n) is 3.47. The molecule has 1 aliphatic rings.